The number of sulfonamides is 1. The largest absolute Gasteiger partial charge is 0.497 e. The van der Waals surface area contributed by atoms with Gasteiger partial charge in [-0.05, 0) is 66.6 Å². The zero-order valence-corrected chi connectivity index (χ0v) is 19.0. The fraction of sp³-hybridized carbons (Fsp3) is 0.167. The molecule has 0 spiro atoms. The summed E-state index contributed by atoms with van der Waals surface area (Å²) in [7, 11) is -1.86. The van der Waals surface area contributed by atoms with Crippen molar-refractivity contribution >= 4 is 27.3 Å². The summed E-state index contributed by atoms with van der Waals surface area (Å²) >= 11 is 0. The number of hydrogen-bond acceptors (Lipinski definition) is 5. The van der Waals surface area contributed by atoms with Gasteiger partial charge >= 0.3 is 0 Å². The van der Waals surface area contributed by atoms with E-state index in [1.165, 1.54) is 10.6 Å². The van der Waals surface area contributed by atoms with E-state index in [0.29, 0.717) is 17.0 Å². The van der Waals surface area contributed by atoms with Crippen molar-refractivity contribution in [1.82, 2.24) is 5.43 Å². The summed E-state index contributed by atoms with van der Waals surface area (Å²) in [4.78, 5) is 12.5. The Kier molecular flexibility index (Phi) is 7.27. The lowest BCUT2D eigenvalue weighted by Crippen LogP contribution is -2.29. The van der Waals surface area contributed by atoms with Crippen molar-refractivity contribution < 1.29 is 17.9 Å². The van der Waals surface area contributed by atoms with E-state index in [-0.39, 0.29) is 12.5 Å². The van der Waals surface area contributed by atoms with Gasteiger partial charge in [0.1, 0.15) is 5.75 Å². The summed E-state index contributed by atoms with van der Waals surface area (Å²) in [5.74, 6) is 0.389. The zero-order valence-electron chi connectivity index (χ0n) is 18.1. The SMILES string of the molecule is COc1ccc(/C(C)=N\NC(=O)c2ccc(CN(c3ccccc3)S(C)(=O)=O)cc2)cc1. The predicted molar refractivity (Wildman–Crippen MR) is 127 cm³/mol. The van der Waals surface area contributed by atoms with Gasteiger partial charge in [-0.25, -0.2) is 13.8 Å². The highest BCUT2D eigenvalue weighted by atomic mass is 32.2. The van der Waals surface area contributed by atoms with Crippen molar-refractivity contribution in [3.05, 3.63) is 95.6 Å². The van der Waals surface area contributed by atoms with Gasteiger partial charge in [0.25, 0.3) is 5.91 Å². The Morgan fingerprint density at radius 1 is 0.938 bits per heavy atom. The Labute approximate surface area is 188 Å². The summed E-state index contributed by atoms with van der Waals surface area (Å²) in [6.07, 6.45) is 1.17. The maximum Gasteiger partial charge on any atom is 0.271 e. The number of hydrogen-bond donors (Lipinski definition) is 1. The minimum atomic E-state index is -3.46. The maximum atomic E-state index is 12.5. The first-order chi connectivity index (χ1) is 15.3. The average molecular weight is 452 g/mol. The third-order valence-electron chi connectivity index (χ3n) is 4.82. The third-order valence-corrected chi connectivity index (χ3v) is 5.96. The number of carbonyl (C=O) groups is 1. The quantitative estimate of drug-likeness (QED) is 0.417. The van der Waals surface area contributed by atoms with Crippen LogP contribution in [0.4, 0.5) is 5.69 Å². The normalized spacial score (nSPS) is 11.7. The van der Waals surface area contributed by atoms with Crippen LogP contribution in [0.15, 0.2) is 84.0 Å². The van der Waals surface area contributed by atoms with Crippen LogP contribution < -0.4 is 14.5 Å². The predicted octanol–water partition coefficient (Wildman–Crippen LogP) is 3.82. The first kappa shape index (κ1) is 23.0. The molecule has 0 aliphatic carbocycles. The number of nitrogens with zero attached hydrogens (tertiary/aromatic N) is 2. The molecule has 0 aliphatic rings. The van der Waals surface area contributed by atoms with Gasteiger partial charge in [0, 0.05) is 5.56 Å². The first-order valence-electron chi connectivity index (χ1n) is 9.88. The molecular formula is C24H25N3O4S. The highest BCUT2D eigenvalue weighted by Gasteiger charge is 2.17. The highest BCUT2D eigenvalue weighted by molar-refractivity contribution is 7.92. The molecule has 1 N–H and O–H groups in total. The van der Waals surface area contributed by atoms with Crippen LogP contribution >= 0.6 is 0 Å². The number of amides is 1. The Bertz CT molecular complexity index is 1190. The lowest BCUT2D eigenvalue weighted by atomic mass is 10.1. The molecule has 0 fully saturated rings. The van der Waals surface area contributed by atoms with E-state index in [1.54, 1.807) is 62.6 Å². The number of rotatable bonds is 8. The third kappa shape index (κ3) is 5.95. The topological polar surface area (TPSA) is 88.1 Å². The molecule has 3 aromatic rings. The molecule has 0 heterocycles. The van der Waals surface area contributed by atoms with Crippen LogP contribution in [0.5, 0.6) is 5.75 Å². The minimum absolute atomic E-state index is 0.166. The molecule has 0 radical (unpaired) electrons. The second-order valence-electron chi connectivity index (χ2n) is 7.17. The van der Waals surface area contributed by atoms with Gasteiger partial charge in [0.2, 0.25) is 10.0 Å². The minimum Gasteiger partial charge on any atom is -0.497 e. The number of methoxy groups -OCH3 is 1. The summed E-state index contributed by atoms with van der Waals surface area (Å²) in [6, 6.07) is 23.0. The number of anilines is 1. The number of hydrazone groups is 1. The van der Waals surface area contributed by atoms with Crippen LogP contribution in [-0.2, 0) is 16.6 Å². The van der Waals surface area contributed by atoms with E-state index in [9.17, 15) is 13.2 Å². The average Bonchev–Trinajstić information content (AvgIpc) is 2.81. The van der Waals surface area contributed by atoms with E-state index in [0.717, 1.165) is 16.9 Å². The molecule has 0 unspecified atom stereocenters. The second kappa shape index (κ2) is 10.1. The highest BCUT2D eigenvalue weighted by Crippen LogP contribution is 2.20. The molecule has 8 heteroatoms. The van der Waals surface area contributed by atoms with Crippen molar-refractivity contribution in [2.75, 3.05) is 17.7 Å². The van der Waals surface area contributed by atoms with Crippen LogP contribution in [0, 0.1) is 0 Å². The van der Waals surface area contributed by atoms with Gasteiger partial charge in [-0.1, -0.05) is 30.3 Å². The molecule has 166 valence electrons. The lowest BCUT2D eigenvalue weighted by Gasteiger charge is -2.22. The number of benzene rings is 3. The van der Waals surface area contributed by atoms with Crippen LogP contribution in [0.1, 0.15) is 28.4 Å². The van der Waals surface area contributed by atoms with Gasteiger partial charge in [-0.2, -0.15) is 5.10 Å². The Hall–Kier alpha value is -3.65. The van der Waals surface area contributed by atoms with Gasteiger partial charge in [0.05, 0.1) is 31.3 Å². The zero-order chi connectivity index (χ0) is 23.1. The Morgan fingerprint density at radius 2 is 1.53 bits per heavy atom. The summed E-state index contributed by atoms with van der Waals surface area (Å²) < 4.78 is 31.0. The number of carbonyl (C=O) groups excluding carboxylic acids is 1. The molecule has 3 aromatic carbocycles. The van der Waals surface area contributed by atoms with Crippen molar-refractivity contribution in [2.24, 2.45) is 5.10 Å². The number of ether oxygens (including phenoxy) is 1. The molecule has 0 saturated carbocycles. The Balaban J connectivity index is 1.68. The van der Waals surface area contributed by atoms with Gasteiger partial charge in [0.15, 0.2) is 0 Å². The molecule has 1 amide bonds. The fourth-order valence-corrected chi connectivity index (χ4v) is 3.91. The maximum absolute atomic E-state index is 12.5. The first-order valence-corrected chi connectivity index (χ1v) is 11.7. The van der Waals surface area contributed by atoms with E-state index in [1.807, 2.05) is 30.3 Å². The van der Waals surface area contributed by atoms with Gasteiger partial charge < -0.3 is 4.74 Å². The van der Waals surface area contributed by atoms with Crippen LogP contribution in [0.25, 0.3) is 0 Å². The van der Waals surface area contributed by atoms with Crippen LogP contribution in [-0.4, -0.2) is 33.4 Å². The number of para-hydroxylation sites is 1. The van der Waals surface area contributed by atoms with Crippen molar-refractivity contribution in [3.63, 3.8) is 0 Å². The van der Waals surface area contributed by atoms with Crippen molar-refractivity contribution in [1.29, 1.82) is 0 Å². The standard InChI is InChI=1S/C24H25N3O4S/c1-18(20-13-15-23(31-2)16-14-20)25-26-24(28)21-11-9-19(10-12-21)17-27(32(3,29)30)22-7-5-4-6-8-22/h4-16H,17H2,1-3H3,(H,26,28)/b25-18-. The summed E-state index contributed by atoms with van der Waals surface area (Å²) in [5.41, 5.74) is 5.83. The fourth-order valence-electron chi connectivity index (χ4n) is 3.02. The van der Waals surface area contributed by atoms with Crippen molar-refractivity contribution in [3.8, 4) is 5.75 Å². The van der Waals surface area contributed by atoms with Gasteiger partial charge in [-0.15, -0.1) is 0 Å². The molecule has 0 aromatic heterocycles. The van der Waals surface area contributed by atoms with Gasteiger partial charge in [-0.3, -0.25) is 9.10 Å². The monoisotopic (exact) mass is 451 g/mol. The smallest absolute Gasteiger partial charge is 0.271 e. The van der Waals surface area contributed by atoms with E-state index < -0.39 is 10.0 Å². The molecule has 3 rings (SSSR count). The summed E-state index contributed by atoms with van der Waals surface area (Å²) in [5, 5.41) is 4.16. The van der Waals surface area contributed by atoms with E-state index in [4.69, 9.17) is 4.74 Å². The molecular weight excluding hydrogens is 426 g/mol. The van der Waals surface area contributed by atoms with E-state index in [2.05, 4.69) is 10.5 Å². The van der Waals surface area contributed by atoms with E-state index >= 15 is 0 Å². The molecule has 32 heavy (non-hydrogen) atoms. The molecule has 0 atom stereocenters. The van der Waals surface area contributed by atoms with Crippen molar-refractivity contribution in [2.45, 2.75) is 13.5 Å². The molecule has 0 bridgehead atoms. The number of nitrogens with one attached hydrogen (secondary N) is 1. The molecule has 7 nitrogen and oxygen atoms in total. The summed E-state index contributed by atoms with van der Waals surface area (Å²) in [6.45, 7) is 1.97. The van der Waals surface area contributed by atoms with Crippen LogP contribution in [0.2, 0.25) is 0 Å². The molecule has 0 saturated heterocycles. The van der Waals surface area contributed by atoms with Crippen LogP contribution in [0.3, 0.4) is 0 Å². The lowest BCUT2D eigenvalue weighted by molar-refractivity contribution is 0.0955. The Morgan fingerprint density at radius 3 is 2.09 bits per heavy atom. The molecule has 0 aliphatic heterocycles. The second-order valence-corrected chi connectivity index (χ2v) is 9.08.